The Balaban J connectivity index is 0.00000312. The van der Waals surface area contributed by atoms with Crippen molar-refractivity contribution in [1.82, 2.24) is 10.6 Å². The first kappa shape index (κ1) is 21.5. The van der Waals surface area contributed by atoms with Gasteiger partial charge < -0.3 is 15.7 Å². The van der Waals surface area contributed by atoms with Crippen molar-refractivity contribution in [2.45, 2.75) is 44.6 Å². The highest BCUT2D eigenvalue weighted by Gasteiger charge is 2.45. The van der Waals surface area contributed by atoms with Crippen molar-refractivity contribution in [1.29, 1.82) is 0 Å². The Morgan fingerprint density at radius 3 is 2.44 bits per heavy atom. The number of rotatable bonds is 6. The summed E-state index contributed by atoms with van der Waals surface area (Å²) in [5.41, 5.74) is -0.791. The minimum absolute atomic E-state index is 0. The van der Waals surface area contributed by atoms with E-state index < -0.39 is 5.60 Å². The molecule has 0 aromatic heterocycles. The lowest BCUT2D eigenvalue weighted by Crippen LogP contribution is -2.50. The number of hydrogen-bond acceptors (Lipinski definition) is 3. The minimum atomic E-state index is -1.47. The molecule has 1 atom stereocenters. The lowest BCUT2D eigenvalue weighted by molar-refractivity contribution is -0.149. The summed E-state index contributed by atoms with van der Waals surface area (Å²) >= 11 is 0. The molecule has 0 heterocycles. The molecule has 0 radical (unpaired) electrons. The topological polar surface area (TPSA) is 61.4 Å². The lowest BCUT2D eigenvalue weighted by atomic mass is 9.73. The summed E-state index contributed by atoms with van der Waals surface area (Å²) in [7, 11) is 0. The predicted octanol–water partition coefficient (Wildman–Crippen LogP) is 2.61. The van der Waals surface area contributed by atoms with Gasteiger partial charge in [0, 0.05) is 5.92 Å². The summed E-state index contributed by atoms with van der Waals surface area (Å²) in [6, 6.07) is 9.31. The fourth-order valence-corrected chi connectivity index (χ4v) is 3.34. The molecule has 1 unspecified atom stereocenters. The van der Waals surface area contributed by atoms with E-state index in [0.29, 0.717) is 12.1 Å². The molecule has 1 aliphatic carbocycles. The van der Waals surface area contributed by atoms with Gasteiger partial charge in [0.25, 0.3) is 5.91 Å². The number of hydrogen-bond donors (Lipinski definition) is 3. The highest BCUT2D eigenvalue weighted by Crippen LogP contribution is 2.39. The Hall–Kier alpha value is -1.54. The average molecular weight is 365 g/mol. The van der Waals surface area contributed by atoms with Gasteiger partial charge in [-0.05, 0) is 24.9 Å². The van der Waals surface area contributed by atoms with Crippen LogP contribution >= 0.6 is 12.4 Å². The van der Waals surface area contributed by atoms with Crippen LogP contribution in [0, 0.1) is 17.8 Å². The number of nitrogens with one attached hydrogen (secondary N) is 2. The van der Waals surface area contributed by atoms with Crippen molar-refractivity contribution in [3.05, 3.63) is 35.9 Å². The van der Waals surface area contributed by atoms with Crippen molar-refractivity contribution in [3.63, 3.8) is 0 Å². The second-order valence-corrected chi connectivity index (χ2v) is 6.28. The second kappa shape index (κ2) is 11.1. The zero-order valence-electron chi connectivity index (χ0n) is 14.9. The van der Waals surface area contributed by atoms with Gasteiger partial charge >= 0.3 is 0 Å². The van der Waals surface area contributed by atoms with Crippen molar-refractivity contribution in [2.24, 2.45) is 5.92 Å². The van der Waals surface area contributed by atoms with Crippen LogP contribution in [0.5, 0.6) is 0 Å². The standard InChI is InChI=1S/C20H28N2O2.ClH/c1-2-21-15-9-10-16-22-19(23)20(24,17-11-5-3-6-12-17)18-13-7-4-8-14-18;/h3,5-6,11-12,18,21,24H,2,4,7-8,13-16H2,1H3,(H,22,23);1H. The van der Waals surface area contributed by atoms with E-state index in [-0.39, 0.29) is 30.8 Å². The molecule has 138 valence electrons. The SMILES string of the molecule is CCNCC#CCNC(=O)C(O)(c1ccccc1)C1CCCCC1.Cl. The number of aliphatic hydroxyl groups is 1. The first-order valence-electron chi connectivity index (χ1n) is 8.92. The number of benzene rings is 1. The van der Waals surface area contributed by atoms with Crippen LogP contribution in [0.3, 0.4) is 0 Å². The number of halogens is 1. The molecule has 0 spiro atoms. The van der Waals surface area contributed by atoms with E-state index in [1.54, 1.807) is 0 Å². The maximum atomic E-state index is 12.8. The van der Waals surface area contributed by atoms with Crippen LogP contribution < -0.4 is 10.6 Å². The molecule has 1 fully saturated rings. The van der Waals surface area contributed by atoms with E-state index in [1.165, 1.54) is 6.42 Å². The first-order chi connectivity index (χ1) is 11.7. The maximum Gasteiger partial charge on any atom is 0.257 e. The largest absolute Gasteiger partial charge is 0.375 e. The third kappa shape index (κ3) is 5.74. The molecule has 1 aromatic rings. The molecule has 1 aliphatic rings. The van der Waals surface area contributed by atoms with Gasteiger partial charge in [0.1, 0.15) is 0 Å². The van der Waals surface area contributed by atoms with Gasteiger partial charge in [-0.25, -0.2) is 0 Å². The molecule has 3 N–H and O–H groups in total. The summed E-state index contributed by atoms with van der Waals surface area (Å²) in [6.07, 6.45) is 5.07. The lowest BCUT2D eigenvalue weighted by Gasteiger charge is -2.37. The smallest absolute Gasteiger partial charge is 0.257 e. The van der Waals surface area contributed by atoms with Gasteiger partial charge in [0.2, 0.25) is 0 Å². The molecular formula is C20H29ClN2O2. The third-order valence-electron chi connectivity index (χ3n) is 4.68. The van der Waals surface area contributed by atoms with Crippen LogP contribution in [-0.2, 0) is 10.4 Å². The van der Waals surface area contributed by atoms with Gasteiger partial charge in [-0.1, -0.05) is 68.4 Å². The van der Waals surface area contributed by atoms with Crippen LogP contribution in [0.4, 0.5) is 0 Å². The molecule has 1 amide bonds. The molecule has 4 nitrogen and oxygen atoms in total. The molecule has 0 aliphatic heterocycles. The van der Waals surface area contributed by atoms with Gasteiger partial charge in [-0.2, -0.15) is 0 Å². The Morgan fingerprint density at radius 2 is 1.80 bits per heavy atom. The molecule has 25 heavy (non-hydrogen) atoms. The molecule has 0 saturated heterocycles. The average Bonchev–Trinajstić information content (AvgIpc) is 2.65. The van der Waals surface area contributed by atoms with Crippen LogP contribution in [0.25, 0.3) is 0 Å². The van der Waals surface area contributed by atoms with Crippen molar-refractivity contribution >= 4 is 18.3 Å². The Kier molecular flexibility index (Phi) is 9.59. The monoisotopic (exact) mass is 364 g/mol. The maximum absolute atomic E-state index is 12.8. The zero-order valence-corrected chi connectivity index (χ0v) is 15.7. The Morgan fingerprint density at radius 1 is 1.16 bits per heavy atom. The number of carbonyl (C=O) groups excluding carboxylic acids is 1. The number of carbonyl (C=O) groups is 1. The normalized spacial score (nSPS) is 16.7. The minimum Gasteiger partial charge on any atom is -0.375 e. The van der Waals surface area contributed by atoms with Crippen LogP contribution in [0.1, 0.15) is 44.6 Å². The third-order valence-corrected chi connectivity index (χ3v) is 4.68. The van der Waals surface area contributed by atoms with E-state index in [9.17, 15) is 9.90 Å². The van der Waals surface area contributed by atoms with E-state index in [1.807, 2.05) is 37.3 Å². The van der Waals surface area contributed by atoms with Gasteiger partial charge in [0.05, 0.1) is 13.1 Å². The van der Waals surface area contributed by atoms with Crippen molar-refractivity contribution in [2.75, 3.05) is 19.6 Å². The molecular weight excluding hydrogens is 336 g/mol. The zero-order chi connectivity index (χ0) is 17.3. The van der Waals surface area contributed by atoms with Crippen LogP contribution in [0.2, 0.25) is 0 Å². The number of amides is 1. The van der Waals surface area contributed by atoms with Crippen LogP contribution in [-0.4, -0.2) is 30.6 Å². The summed E-state index contributed by atoms with van der Waals surface area (Å²) in [5, 5.41) is 17.3. The molecule has 5 heteroatoms. The fraction of sp³-hybridized carbons (Fsp3) is 0.550. The van der Waals surface area contributed by atoms with Crippen LogP contribution in [0.15, 0.2) is 30.3 Å². The Labute approximate surface area is 157 Å². The second-order valence-electron chi connectivity index (χ2n) is 6.28. The van der Waals surface area contributed by atoms with Crippen molar-refractivity contribution < 1.29 is 9.90 Å². The predicted molar refractivity (Wildman–Crippen MR) is 103 cm³/mol. The van der Waals surface area contributed by atoms with Gasteiger partial charge in [0.15, 0.2) is 5.60 Å². The molecule has 2 rings (SSSR count). The quantitative estimate of drug-likeness (QED) is 0.537. The molecule has 1 aromatic carbocycles. The summed E-state index contributed by atoms with van der Waals surface area (Å²) < 4.78 is 0. The van der Waals surface area contributed by atoms with Gasteiger partial charge in [-0.3, -0.25) is 4.79 Å². The summed E-state index contributed by atoms with van der Waals surface area (Å²) in [4.78, 5) is 12.8. The first-order valence-corrected chi connectivity index (χ1v) is 8.92. The van der Waals surface area contributed by atoms with E-state index in [2.05, 4.69) is 22.5 Å². The van der Waals surface area contributed by atoms with E-state index in [4.69, 9.17) is 0 Å². The van der Waals surface area contributed by atoms with E-state index in [0.717, 1.165) is 32.2 Å². The Bertz CT molecular complexity index is 576. The highest BCUT2D eigenvalue weighted by molar-refractivity contribution is 5.87. The van der Waals surface area contributed by atoms with Gasteiger partial charge in [-0.15, -0.1) is 12.4 Å². The highest BCUT2D eigenvalue weighted by atomic mass is 35.5. The summed E-state index contributed by atoms with van der Waals surface area (Å²) in [6.45, 7) is 3.76. The fourth-order valence-electron chi connectivity index (χ4n) is 3.34. The molecule has 1 saturated carbocycles. The molecule has 0 bridgehead atoms. The van der Waals surface area contributed by atoms with Crippen molar-refractivity contribution in [3.8, 4) is 11.8 Å². The summed E-state index contributed by atoms with van der Waals surface area (Å²) in [5.74, 6) is 5.50. The van der Waals surface area contributed by atoms with E-state index >= 15 is 0 Å².